The number of ether oxygens (including phenoxy) is 2. The molecule has 0 saturated carbocycles. The Morgan fingerprint density at radius 2 is 2.05 bits per heavy atom. The Kier molecular flexibility index (Phi) is 6.52. The van der Waals surface area contributed by atoms with Crippen LogP contribution in [0, 0.1) is 6.92 Å². The highest BCUT2D eigenvalue weighted by Crippen LogP contribution is 2.25. The zero-order valence-corrected chi connectivity index (χ0v) is 12.8. The lowest BCUT2D eigenvalue weighted by Crippen LogP contribution is -2.23. The number of benzene rings is 1. The number of carbonyl (C=O) groups is 1. The van der Waals surface area contributed by atoms with E-state index in [0.29, 0.717) is 0 Å². The van der Waals surface area contributed by atoms with Crippen LogP contribution in [0.25, 0.3) is 0 Å². The quantitative estimate of drug-likeness (QED) is 0.779. The summed E-state index contributed by atoms with van der Waals surface area (Å²) in [6, 6.07) is 6.03. The normalized spacial score (nSPS) is 12.3. The second-order valence-electron chi connectivity index (χ2n) is 5.26. The van der Waals surface area contributed by atoms with E-state index in [-0.39, 0.29) is 24.7 Å². The number of carbonyl (C=O) groups excluding carboxylic acids is 1. The van der Waals surface area contributed by atoms with Gasteiger partial charge in [-0.05, 0) is 44.7 Å². The zero-order valence-electron chi connectivity index (χ0n) is 12.8. The van der Waals surface area contributed by atoms with Crippen molar-refractivity contribution >= 4 is 5.97 Å². The number of esters is 1. The zero-order chi connectivity index (χ0) is 15.1. The minimum absolute atomic E-state index is 0.0720. The van der Waals surface area contributed by atoms with Crippen molar-refractivity contribution in [1.29, 1.82) is 0 Å². The van der Waals surface area contributed by atoms with Crippen LogP contribution in [-0.4, -0.2) is 24.7 Å². The maximum absolute atomic E-state index is 11.6. The molecule has 0 spiro atoms. The fourth-order valence-electron chi connectivity index (χ4n) is 1.94. The van der Waals surface area contributed by atoms with Crippen molar-refractivity contribution in [2.24, 2.45) is 5.73 Å². The minimum Gasteiger partial charge on any atom is -0.481 e. The van der Waals surface area contributed by atoms with E-state index < -0.39 is 0 Å². The Hall–Kier alpha value is -1.55. The lowest BCUT2D eigenvalue weighted by molar-refractivity contribution is -0.149. The van der Waals surface area contributed by atoms with Crippen molar-refractivity contribution in [3.63, 3.8) is 0 Å². The molecule has 0 radical (unpaired) electrons. The summed E-state index contributed by atoms with van der Waals surface area (Å²) in [5.74, 6) is 0.395. The van der Waals surface area contributed by atoms with Gasteiger partial charge in [0.15, 0.2) is 6.61 Å². The van der Waals surface area contributed by atoms with Crippen LogP contribution in [0.3, 0.4) is 0 Å². The monoisotopic (exact) mass is 279 g/mol. The summed E-state index contributed by atoms with van der Waals surface area (Å²) in [6.07, 6.45) is 1.52. The molecule has 1 unspecified atom stereocenters. The molecule has 112 valence electrons. The van der Waals surface area contributed by atoms with E-state index in [0.717, 1.165) is 29.7 Å². The molecule has 4 heteroatoms. The van der Waals surface area contributed by atoms with Gasteiger partial charge in [0.05, 0.1) is 6.10 Å². The van der Waals surface area contributed by atoms with Gasteiger partial charge in [0.2, 0.25) is 0 Å². The first-order valence-corrected chi connectivity index (χ1v) is 7.10. The predicted molar refractivity (Wildman–Crippen MR) is 79.9 cm³/mol. The largest absolute Gasteiger partial charge is 0.481 e. The van der Waals surface area contributed by atoms with Gasteiger partial charge in [-0.2, -0.15) is 0 Å². The van der Waals surface area contributed by atoms with Gasteiger partial charge in [-0.1, -0.05) is 25.1 Å². The molecule has 0 heterocycles. The van der Waals surface area contributed by atoms with Crippen LogP contribution in [0.4, 0.5) is 0 Å². The summed E-state index contributed by atoms with van der Waals surface area (Å²) in [5, 5.41) is 0. The van der Waals surface area contributed by atoms with E-state index in [2.05, 4.69) is 6.92 Å². The molecular weight excluding hydrogens is 254 g/mol. The molecule has 1 aromatic rings. The molecule has 0 bridgehead atoms. The van der Waals surface area contributed by atoms with Gasteiger partial charge in [-0.25, -0.2) is 4.79 Å². The number of para-hydroxylation sites is 1. The molecule has 1 atom stereocenters. The van der Waals surface area contributed by atoms with Crippen LogP contribution in [0.2, 0.25) is 0 Å². The number of rotatable bonds is 7. The molecule has 1 aromatic carbocycles. The van der Waals surface area contributed by atoms with Gasteiger partial charge in [-0.15, -0.1) is 0 Å². The molecule has 0 aromatic heterocycles. The van der Waals surface area contributed by atoms with E-state index in [9.17, 15) is 4.79 Å². The summed E-state index contributed by atoms with van der Waals surface area (Å²) in [5.41, 5.74) is 8.04. The van der Waals surface area contributed by atoms with Crippen molar-refractivity contribution in [3.05, 3.63) is 29.3 Å². The third kappa shape index (κ3) is 5.21. The molecule has 0 fully saturated rings. The first kappa shape index (κ1) is 16.5. The average Bonchev–Trinajstić information content (AvgIpc) is 2.37. The summed E-state index contributed by atoms with van der Waals surface area (Å²) < 4.78 is 10.7. The Balaban J connectivity index is 2.75. The standard InChI is InChI=1S/C16H25NO3/c1-5-14(17)9-13-8-6-7-12(4)16(13)19-10-15(18)20-11(2)3/h6-8,11,14H,5,9-10,17H2,1-4H3. The maximum Gasteiger partial charge on any atom is 0.344 e. The Morgan fingerprint density at radius 3 is 2.65 bits per heavy atom. The predicted octanol–water partition coefficient (Wildman–Crippen LogP) is 2.61. The third-order valence-corrected chi connectivity index (χ3v) is 3.00. The highest BCUT2D eigenvalue weighted by atomic mass is 16.6. The Bertz CT molecular complexity index is 443. The van der Waals surface area contributed by atoms with Crippen LogP contribution < -0.4 is 10.5 Å². The fourth-order valence-corrected chi connectivity index (χ4v) is 1.94. The highest BCUT2D eigenvalue weighted by molar-refractivity contribution is 5.71. The van der Waals surface area contributed by atoms with Crippen LogP contribution >= 0.6 is 0 Å². The maximum atomic E-state index is 11.6. The second kappa shape index (κ2) is 7.90. The van der Waals surface area contributed by atoms with E-state index in [1.807, 2.05) is 39.0 Å². The van der Waals surface area contributed by atoms with E-state index in [1.165, 1.54) is 0 Å². The molecule has 0 saturated heterocycles. The molecule has 0 amide bonds. The molecule has 20 heavy (non-hydrogen) atoms. The van der Waals surface area contributed by atoms with Crippen molar-refractivity contribution in [1.82, 2.24) is 0 Å². The minimum atomic E-state index is -0.353. The van der Waals surface area contributed by atoms with Gasteiger partial charge in [0, 0.05) is 6.04 Å². The van der Waals surface area contributed by atoms with Crippen molar-refractivity contribution in [2.75, 3.05) is 6.61 Å². The van der Waals surface area contributed by atoms with Crippen molar-refractivity contribution in [2.45, 2.75) is 52.7 Å². The first-order chi connectivity index (χ1) is 9.43. The Morgan fingerprint density at radius 1 is 1.35 bits per heavy atom. The fraction of sp³-hybridized carbons (Fsp3) is 0.562. The van der Waals surface area contributed by atoms with E-state index in [1.54, 1.807) is 0 Å². The molecule has 0 aliphatic heterocycles. The van der Waals surface area contributed by atoms with Gasteiger partial charge >= 0.3 is 5.97 Å². The lowest BCUT2D eigenvalue weighted by atomic mass is 10.0. The average molecular weight is 279 g/mol. The summed E-state index contributed by atoms with van der Waals surface area (Å²) in [6.45, 7) is 7.58. The summed E-state index contributed by atoms with van der Waals surface area (Å²) in [7, 11) is 0. The molecule has 2 N–H and O–H groups in total. The highest BCUT2D eigenvalue weighted by Gasteiger charge is 2.13. The third-order valence-electron chi connectivity index (χ3n) is 3.00. The van der Waals surface area contributed by atoms with Gasteiger partial charge in [0.1, 0.15) is 5.75 Å². The van der Waals surface area contributed by atoms with Gasteiger partial charge in [0.25, 0.3) is 0 Å². The number of nitrogens with two attached hydrogens (primary N) is 1. The second-order valence-corrected chi connectivity index (χ2v) is 5.26. The lowest BCUT2D eigenvalue weighted by Gasteiger charge is -2.16. The van der Waals surface area contributed by atoms with E-state index >= 15 is 0 Å². The molecular formula is C16H25NO3. The van der Waals surface area contributed by atoms with Crippen LogP contribution in [-0.2, 0) is 16.0 Å². The first-order valence-electron chi connectivity index (χ1n) is 7.10. The van der Waals surface area contributed by atoms with Crippen molar-refractivity contribution < 1.29 is 14.3 Å². The number of hydrogen-bond donors (Lipinski definition) is 1. The number of hydrogen-bond acceptors (Lipinski definition) is 4. The van der Waals surface area contributed by atoms with Crippen LogP contribution in [0.5, 0.6) is 5.75 Å². The van der Waals surface area contributed by atoms with Crippen molar-refractivity contribution in [3.8, 4) is 5.75 Å². The van der Waals surface area contributed by atoms with E-state index in [4.69, 9.17) is 15.2 Å². The smallest absolute Gasteiger partial charge is 0.344 e. The van der Waals surface area contributed by atoms with Crippen LogP contribution in [0.1, 0.15) is 38.3 Å². The summed E-state index contributed by atoms with van der Waals surface area (Å²) in [4.78, 5) is 11.6. The molecule has 1 rings (SSSR count). The molecule has 0 aliphatic carbocycles. The van der Waals surface area contributed by atoms with Gasteiger partial charge < -0.3 is 15.2 Å². The molecule has 0 aliphatic rings. The molecule has 4 nitrogen and oxygen atoms in total. The van der Waals surface area contributed by atoms with Gasteiger partial charge in [-0.3, -0.25) is 0 Å². The summed E-state index contributed by atoms with van der Waals surface area (Å²) >= 11 is 0. The van der Waals surface area contributed by atoms with Crippen LogP contribution in [0.15, 0.2) is 18.2 Å². The Labute approximate surface area is 121 Å². The number of aryl methyl sites for hydroxylation is 1. The SMILES string of the molecule is CCC(N)Cc1cccc(C)c1OCC(=O)OC(C)C. The topological polar surface area (TPSA) is 61.5 Å².